The zero-order valence-electron chi connectivity index (χ0n) is 16.4. The van der Waals surface area contributed by atoms with Crippen molar-refractivity contribution in [2.24, 2.45) is 0 Å². The molecule has 0 bridgehead atoms. The van der Waals surface area contributed by atoms with Gasteiger partial charge in [0.15, 0.2) is 6.10 Å². The second-order valence-electron chi connectivity index (χ2n) is 6.82. The molecule has 28 heavy (non-hydrogen) atoms. The molecule has 4 heteroatoms. The van der Waals surface area contributed by atoms with Gasteiger partial charge in [-0.3, -0.25) is 4.79 Å². The Balaban J connectivity index is 1.54. The summed E-state index contributed by atoms with van der Waals surface area (Å²) in [4.78, 5) is 13.7. The normalized spacial score (nSPS) is 11.7. The number of anilines is 1. The number of carbonyl (C=O) groups is 1. The molecule has 1 atom stereocenters. The van der Waals surface area contributed by atoms with E-state index in [-0.39, 0.29) is 5.91 Å². The highest BCUT2D eigenvalue weighted by molar-refractivity contribution is 7.98. The van der Waals surface area contributed by atoms with Crippen LogP contribution in [0.25, 0.3) is 0 Å². The van der Waals surface area contributed by atoms with Gasteiger partial charge in [0.05, 0.1) is 0 Å². The molecular weight excluding hydrogens is 366 g/mol. The van der Waals surface area contributed by atoms with Gasteiger partial charge in [-0.25, -0.2) is 0 Å². The van der Waals surface area contributed by atoms with Crippen LogP contribution in [0.1, 0.15) is 23.6 Å². The van der Waals surface area contributed by atoms with Crippen molar-refractivity contribution in [1.29, 1.82) is 0 Å². The Kier molecular flexibility index (Phi) is 6.77. The third-order valence-corrected chi connectivity index (χ3v) is 5.47. The zero-order valence-corrected chi connectivity index (χ0v) is 17.3. The summed E-state index contributed by atoms with van der Waals surface area (Å²) in [7, 11) is 0. The molecule has 3 nitrogen and oxygen atoms in total. The van der Waals surface area contributed by atoms with Crippen LogP contribution in [0.3, 0.4) is 0 Å². The molecule has 3 rings (SSSR count). The fraction of sp³-hybridized carbons (Fsp3) is 0.208. The molecule has 0 saturated carbocycles. The van der Waals surface area contributed by atoms with Crippen molar-refractivity contribution >= 4 is 23.4 Å². The SMILES string of the molecule is Cc1ccc(C)c(O[C@@H](C)C(=O)Nc2ccc(CSc3ccccc3)cc2)c1. The van der Waals surface area contributed by atoms with Crippen LogP contribution in [0.4, 0.5) is 5.69 Å². The summed E-state index contributed by atoms with van der Waals surface area (Å²) in [6, 6.07) is 24.3. The van der Waals surface area contributed by atoms with Gasteiger partial charge in [-0.15, -0.1) is 11.8 Å². The second kappa shape index (κ2) is 9.47. The minimum Gasteiger partial charge on any atom is -0.481 e. The van der Waals surface area contributed by atoms with Crippen LogP contribution in [0.2, 0.25) is 0 Å². The van der Waals surface area contributed by atoms with Gasteiger partial charge in [0.25, 0.3) is 5.91 Å². The van der Waals surface area contributed by atoms with Gasteiger partial charge in [0, 0.05) is 16.3 Å². The van der Waals surface area contributed by atoms with Crippen LogP contribution in [0.5, 0.6) is 5.75 Å². The van der Waals surface area contributed by atoms with Crippen LogP contribution < -0.4 is 10.1 Å². The van der Waals surface area contributed by atoms with Crippen molar-refractivity contribution in [1.82, 2.24) is 0 Å². The van der Waals surface area contributed by atoms with Gasteiger partial charge in [-0.05, 0) is 67.8 Å². The molecule has 1 amide bonds. The van der Waals surface area contributed by atoms with E-state index in [4.69, 9.17) is 4.74 Å². The standard InChI is InChI=1S/C24H25NO2S/c1-17-9-10-18(2)23(15-17)27-19(3)24(26)25-21-13-11-20(12-14-21)16-28-22-7-5-4-6-8-22/h4-15,19H,16H2,1-3H3,(H,25,26)/t19-/m0/s1. The highest BCUT2D eigenvalue weighted by Crippen LogP contribution is 2.24. The Hall–Kier alpha value is -2.72. The Morgan fingerprint density at radius 2 is 1.71 bits per heavy atom. The first-order chi connectivity index (χ1) is 13.5. The number of carbonyl (C=O) groups excluding carboxylic acids is 1. The molecule has 0 aliphatic carbocycles. The lowest BCUT2D eigenvalue weighted by Crippen LogP contribution is -2.30. The first kappa shape index (κ1) is 20.0. The number of hydrogen-bond donors (Lipinski definition) is 1. The molecule has 0 aliphatic rings. The lowest BCUT2D eigenvalue weighted by atomic mass is 10.1. The van der Waals surface area contributed by atoms with Gasteiger partial charge in [-0.1, -0.05) is 42.5 Å². The summed E-state index contributed by atoms with van der Waals surface area (Å²) >= 11 is 1.79. The monoisotopic (exact) mass is 391 g/mol. The summed E-state index contributed by atoms with van der Waals surface area (Å²) in [6.45, 7) is 5.75. The Morgan fingerprint density at radius 1 is 1.00 bits per heavy atom. The van der Waals surface area contributed by atoms with Gasteiger partial charge in [0.1, 0.15) is 5.75 Å². The topological polar surface area (TPSA) is 38.3 Å². The zero-order chi connectivity index (χ0) is 19.9. The molecule has 0 fully saturated rings. The lowest BCUT2D eigenvalue weighted by molar-refractivity contribution is -0.122. The minimum absolute atomic E-state index is 0.160. The Bertz CT molecular complexity index is 923. The predicted octanol–water partition coefficient (Wildman–Crippen LogP) is 6.00. The van der Waals surface area contributed by atoms with Gasteiger partial charge in [-0.2, -0.15) is 0 Å². The van der Waals surface area contributed by atoms with Crippen LogP contribution in [-0.4, -0.2) is 12.0 Å². The van der Waals surface area contributed by atoms with Gasteiger partial charge in [0.2, 0.25) is 0 Å². The van der Waals surface area contributed by atoms with Crippen LogP contribution >= 0.6 is 11.8 Å². The molecule has 0 heterocycles. The van der Waals surface area contributed by atoms with Crippen molar-refractivity contribution in [3.05, 3.63) is 89.5 Å². The van der Waals surface area contributed by atoms with Crippen molar-refractivity contribution < 1.29 is 9.53 Å². The number of ether oxygens (including phenoxy) is 1. The van der Waals surface area contributed by atoms with Crippen molar-refractivity contribution in [2.75, 3.05) is 5.32 Å². The third kappa shape index (κ3) is 5.64. The van der Waals surface area contributed by atoms with E-state index in [9.17, 15) is 4.79 Å². The van der Waals surface area contributed by atoms with Crippen LogP contribution in [-0.2, 0) is 10.5 Å². The highest BCUT2D eigenvalue weighted by atomic mass is 32.2. The molecule has 0 spiro atoms. The highest BCUT2D eigenvalue weighted by Gasteiger charge is 2.16. The summed E-state index contributed by atoms with van der Waals surface area (Å²) in [5.74, 6) is 1.48. The summed E-state index contributed by atoms with van der Waals surface area (Å²) in [5.41, 5.74) is 4.11. The van der Waals surface area contributed by atoms with Gasteiger partial charge >= 0.3 is 0 Å². The number of hydrogen-bond acceptors (Lipinski definition) is 3. The average Bonchev–Trinajstić information content (AvgIpc) is 2.71. The van der Waals surface area contributed by atoms with E-state index in [2.05, 4.69) is 17.4 Å². The first-order valence-corrected chi connectivity index (χ1v) is 10.3. The molecule has 0 radical (unpaired) electrons. The molecular formula is C24H25NO2S. The maximum atomic E-state index is 12.5. The maximum Gasteiger partial charge on any atom is 0.265 e. The smallest absolute Gasteiger partial charge is 0.265 e. The van der Waals surface area contributed by atoms with Crippen LogP contribution in [0.15, 0.2) is 77.7 Å². The third-order valence-electron chi connectivity index (χ3n) is 4.39. The fourth-order valence-electron chi connectivity index (χ4n) is 2.69. The number of aryl methyl sites for hydroxylation is 2. The Labute approximate surface area is 171 Å². The van der Waals surface area contributed by atoms with E-state index in [1.54, 1.807) is 18.7 Å². The summed E-state index contributed by atoms with van der Waals surface area (Å²) < 4.78 is 5.86. The molecule has 144 valence electrons. The number of benzene rings is 3. The average molecular weight is 392 g/mol. The van der Waals surface area contributed by atoms with E-state index in [1.165, 1.54) is 10.5 Å². The minimum atomic E-state index is -0.575. The van der Waals surface area contributed by atoms with Crippen LogP contribution in [0, 0.1) is 13.8 Å². The van der Waals surface area contributed by atoms with E-state index in [0.717, 1.165) is 28.3 Å². The lowest BCUT2D eigenvalue weighted by Gasteiger charge is -2.17. The number of rotatable bonds is 7. The molecule has 0 aliphatic heterocycles. The fourth-order valence-corrected chi connectivity index (χ4v) is 3.57. The van der Waals surface area contributed by atoms with Gasteiger partial charge < -0.3 is 10.1 Å². The maximum absolute atomic E-state index is 12.5. The van der Waals surface area contributed by atoms with E-state index in [0.29, 0.717) is 0 Å². The van der Waals surface area contributed by atoms with Crippen molar-refractivity contribution in [3.8, 4) is 5.75 Å². The molecule has 3 aromatic carbocycles. The van der Waals surface area contributed by atoms with Crippen molar-refractivity contribution in [3.63, 3.8) is 0 Å². The van der Waals surface area contributed by atoms with Crippen molar-refractivity contribution in [2.45, 2.75) is 37.5 Å². The van der Waals surface area contributed by atoms with E-state index in [1.807, 2.05) is 74.5 Å². The second-order valence-corrected chi connectivity index (χ2v) is 7.87. The molecule has 1 N–H and O–H groups in total. The molecule has 0 saturated heterocycles. The first-order valence-electron chi connectivity index (χ1n) is 9.33. The van der Waals surface area contributed by atoms with E-state index < -0.39 is 6.10 Å². The molecule has 0 unspecified atom stereocenters. The van der Waals surface area contributed by atoms with E-state index >= 15 is 0 Å². The number of thioether (sulfide) groups is 1. The Morgan fingerprint density at radius 3 is 2.43 bits per heavy atom. The number of amides is 1. The molecule has 0 aromatic heterocycles. The summed E-state index contributed by atoms with van der Waals surface area (Å²) in [5, 5.41) is 2.93. The predicted molar refractivity (Wildman–Crippen MR) is 117 cm³/mol. The molecule has 3 aromatic rings. The summed E-state index contributed by atoms with van der Waals surface area (Å²) in [6.07, 6.45) is -0.575. The number of nitrogens with one attached hydrogen (secondary N) is 1. The quantitative estimate of drug-likeness (QED) is 0.502. The largest absolute Gasteiger partial charge is 0.481 e.